The van der Waals surface area contributed by atoms with Crippen molar-refractivity contribution in [2.45, 2.75) is 6.61 Å². The van der Waals surface area contributed by atoms with Crippen LogP contribution in [0.2, 0.25) is 0 Å². The maximum atomic E-state index is 5.66. The van der Waals surface area contributed by atoms with Crippen LogP contribution in [0.5, 0.6) is 11.5 Å². The molecule has 2 N–H and O–H groups in total. The summed E-state index contributed by atoms with van der Waals surface area (Å²) >= 11 is 0. The largest absolute Gasteiger partial charge is 0.493 e. The summed E-state index contributed by atoms with van der Waals surface area (Å²) in [4.78, 5) is 4.07. The number of aryl methyl sites for hydroxylation is 1. The fourth-order valence-electron chi connectivity index (χ4n) is 1.40. The summed E-state index contributed by atoms with van der Waals surface area (Å²) in [5.74, 6) is 1.97. The number of nitrogens with two attached hydrogens (primary N) is 1. The standard InChI is InChI=1S/C11H14N4O2/c1-15-11(13-7-14-15)6-17-9-4-3-8(12)5-10(9)16-2/h3-5,7H,6,12H2,1-2H3. The average Bonchev–Trinajstić information content (AvgIpc) is 2.73. The Kier molecular flexibility index (Phi) is 3.13. The van der Waals surface area contributed by atoms with Gasteiger partial charge in [0.1, 0.15) is 12.9 Å². The van der Waals surface area contributed by atoms with Gasteiger partial charge in [0.05, 0.1) is 7.11 Å². The molecule has 0 atom stereocenters. The van der Waals surface area contributed by atoms with Crippen LogP contribution < -0.4 is 15.2 Å². The van der Waals surface area contributed by atoms with Gasteiger partial charge in [-0.25, -0.2) is 4.98 Å². The van der Waals surface area contributed by atoms with E-state index in [9.17, 15) is 0 Å². The molecule has 1 aromatic carbocycles. The zero-order chi connectivity index (χ0) is 12.3. The molecule has 2 rings (SSSR count). The van der Waals surface area contributed by atoms with Gasteiger partial charge >= 0.3 is 0 Å². The number of hydrogen-bond donors (Lipinski definition) is 1. The predicted molar refractivity (Wildman–Crippen MR) is 62.7 cm³/mol. The summed E-state index contributed by atoms with van der Waals surface area (Å²) in [6.07, 6.45) is 1.49. The zero-order valence-corrected chi connectivity index (χ0v) is 9.75. The Morgan fingerprint density at radius 2 is 2.18 bits per heavy atom. The van der Waals surface area contributed by atoms with Crippen LogP contribution >= 0.6 is 0 Å². The number of anilines is 1. The van der Waals surface area contributed by atoms with Crippen molar-refractivity contribution >= 4 is 5.69 Å². The SMILES string of the molecule is COc1cc(N)ccc1OCc1ncnn1C. The van der Waals surface area contributed by atoms with Crippen LogP contribution in [0.25, 0.3) is 0 Å². The van der Waals surface area contributed by atoms with Gasteiger partial charge in [0, 0.05) is 18.8 Å². The lowest BCUT2D eigenvalue weighted by Gasteiger charge is -2.10. The Balaban J connectivity index is 2.11. The topological polar surface area (TPSA) is 75.2 Å². The van der Waals surface area contributed by atoms with Gasteiger partial charge < -0.3 is 15.2 Å². The molecule has 6 nitrogen and oxygen atoms in total. The van der Waals surface area contributed by atoms with Crippen molar-refractivity contribution in [2.24, 2.45) is 7.05 Å². The normalized spacial score (nSPS) is 10.2. The van der Waals surface area contributed by atoms with E-state index in [0.29, 0.717) is 23.8 Å². The fourth-order valence-corrected chi connectivity index (χ4v) is 1.40. The Hall–Kier alpha value is -2.24. The number of nitrogens with zero attached hydrogens (tertiary/aromatic N) is 3. The van der Waals surface area contributed by atoms with Crippen molar-refractivity contribution in [1.29, 1.82) is 0 Å². The first-order chi connectivity index (χ1) is 8.20. The number of aromatic nitrogens is 3. The molecule has 0 fully saturated rings. The van der Waals surface area contributed by atoms with Crippen molar-refractivity contribution in [3.05, 3.63) is 30.4 Å². The Bertz CT molecular complexity index is 510. The van der Waals surface area contributed by atoms with Crippen LogP contribution in [0.15, 0.2) is 24.5 Å². The van der Waals surface area contributed by atoms with Crippen molar-refractivity contribution in [3.63, 3.8) is 0 Å². The van der Waals surface area contributed by atoms with Crippen LogP contribution in [0.1, 0.15) is 5.82 Å². The van der Waals surface area contributed by atoms with E-state index < -0.39 is 0 Å². The number of benzene rings is 1. The van der Waals surface area contributed by atoms with Gasteiger partial charge in [-0.05, 0) is 12.1 Å². The summed E-state index contributed by atoms with van der Waals surface area (Å²) in [6.45, 7) is 0.330. The number of methoxy groups -OCH3 is 1. The highest BCUT2D eigenvalue weighted by atomic mass is 16.5. The number of nitrogen functional groups attached to an aromatic ring is 1. The second-order valence-corrected chi connectivity index (χ2v) is 3.50. The maximum absolute atomic E-state index is 5.66. The lowest BCUT2D eigenvalue weighted by molar-refractivity contribution is 0.271. The van der Waals surface area contributed by atoms with E-state index >= 15 is 0 Å². The molecule has 0 radical (unpaired) electrons. The number of ether oxygens (including phenoxy) is 2. The van der Waals surface area contributed by atoms with E-state index in [1.807, 2.05) is 7.05 Å². The minimum Gasteiger partial charge on any atom is -0.493 e. The van der Waals surface area contributed by atoms with Gasteiger partial charge in [0.25, 0.3) is 0 Å². The molecule has 17 heavy (non-hydrogen) atoms. The summed E-state index contributed by atoms with van der Waals surface area (Å²) in [5, 5.41) is 3.96. The molecule has 0 saturated carbocycles. The van der Waals surface area contributed by atoms with E-state index in [0.717, 1.165) is 5.82 Å². The van der Waals surface area contributed by atoms with Crippen LogP contribution in [-0.4, -0.2) is 21.9 Å². The van der Waals surface area contributed by atoms with Gasteiger partial charge in [-0.2, -0.15) is 5.10 Å². The molecule has 0 bridgehead atoms. The zero-order valence-electron chi connectivity index (χ0n) is 9.75. The second kappa shape index (κ2) is 4.73. The van der Waals surface area contributed by atoms with Gasteiger partial charge in [-0.3, -0.25) is 4.68 Å². The number of rotatable bonds is 4. The van der Waals surface area contributed by atoms with Crippen LogP contribution in [0.3, 0.4) is 0 Å². The molecule has 1 aromatic heterocycles. The smallest absolute Gasteiger partial charge is 0.164 e. The summed E-state index contributed by atoms with van der Waals surface area (Å²) in [7, 11) is 3.38. The summed E-state index contributed by atoms with van der Waals surface area (Å²) in [5.41, 5.74) is 6.29. The monoisotopic (exact) mass is 234 g/mol. The van der Waals surface area contributed by atoms with Crippen molar-refractivity contribution in [2.75, 3.05) is 12.8 Å². The molecule has 1 heterocycles. The highest BCUT2D eigenvalue weighted by molar-refractivity contribution is 5.51. The van der Waals surface area contributed by atoms with Gasteiger partial charge in [0.15, 0.2) is 17.3 Å². The molecule has 0 aliphatic rings. The summed E-state index contributed by atoms with van der Waals surface area (Å²) < 4.78 is 12.4. The van der Waals surface area contributed by atoms with Gasteiger partial charge in [-0.1, -0.05) is 0 Å². The molecule has 0 unspecified atom stereocenters. The van der Waals surface area contributed by atoms with Crippen LogP contribution in [-0.2, 0) is 13.7 Å². The van der Waals surface area contributed by atoms with E-state index in [-0.39, 0.29) is 0 Å². The molecule has 0 aliphatic heterocycles. The first-order valence-electron chi connectivity index (χ1n) is 5.10. The Morgan fingerprint density at radius 1 is 1.35 bits per heavy atom. The van der Waals surface area contributed by atoms with E-state index in [1.54, 1.807) is 30.0 Å². The quantitative estimate of drug-likeness (QED) is 0.798. The minimum absolute atomic E-state index is 0.330. The lowest BCUT2D eigenvalue weighted by atomic mass is 10.3. The second-order valence-electron chi connectivity index (χ2n) is 3.50. The van der Waals surface area contributed by atoms with E-state index in [2.05, 4.69) is 10.1 Å². The minimum atomic E-state index is 0.330. The third kappa shape index (κ3) is 2.47. The first kappa shape index (κ1) is 11.3. The average molecular weight is 234 g/mol. The lowest BCUT2D eigenvalue weighted by Crippen LogP contribution is -2.05. The Morgan fingerprint density at radius 3 is 2.82 bits per heavy atom. The molecular weight excluding hydrogens is 220 g/mol. The molecule has 6 heteroatoms. The van der Waals surface area contributed by atoms with Crippen LogP contribution in [0.4, 0.5) is 5.69 Å². The summed E-state index contributed by atoms with van der Waals surface area (Å²) in [6, 6.07) is 5.24. The van der Waals surface area contributed by atoms with Gasteiger partial charge in [-0.15, -0.1) is 0 Å². The van der Waals surface area contributed by atoms with E-state index in [1.165, 1.54) is 6.33 Å². The molecule has 0 amide bonds. The molecule has 0 aliphatic carbocycles. The van der Waals surface area contributed by atoms with E-state index in [4.69, 9.17) is 15.2 Å². The number of hydrogen-bond acceptors (Lipinski definition) is 5. The first-order valence-corrected chi connectivity index (χ1v) is 5.10. The fraction of sp³-hybridized carbons (Fsp3) is 0.273. The van der Waals surface area contributed by atoms with Crippen LogP contribution in [0, 0.1) is 0 Å². The molecule has 0 saturated heterocycles. The molecule has 0 spiro atoms. The third-order valence-corrected chi connectivity index (χ3v) is 2.35. The Labute approximate surface area is 99.0 Å². The predicted octanol–water partition coefficient (Wildman–Crippen LogP) is 0.985. The highest BCUT2D eigenvalue weighted by Gasteiger charge is 2.07. The van der Waals surface area contributed by atoms with Crippen molar-refractivity contribution < 1.29 is 9.47 Å². The molecular formula is C11H14N4O2. The molecule has 2 aromatic rings. The maximum Gasteiger partial charge on any atom is 0.164 e. The van der Waals surface area contributed by atoms with Gasteiger partial charge in [0.2, 0.25) is 0 Å². The molecule has 90 valence electrons. The van der Waals surface area contributed by atoms with Crippen molar-refractivity contribution in [1.82, 2.24) is 14.8 Å². The third-order valence-electron chi connectivity index (χ3n) is 2.35. The highest BCUT2D eigenvalue weighted by Crippen LogP contribution is 2.29. The van der Waals surface area contributed by atoms with Crippen molar-refractivity contribution in [3.8, 4) is 11.5 Å².